The quantitative estimate of drug-likeness (QED) is 0.587. The summed E-state index contributed by atoms with van der Waals surface area (Å²) in [6.07, 6.45) is 0.700. The van der Waals surface area contributed by atoms with Gasteiger partial charge in [0.2, 0.25) is 0 Å². The van der Waals surface area contributed by atoms with Crippen LogP contribution in [-0.4, -0.2) is 40.7 Å². The molecule has 24 heavy (non-hydrogen) atoms. The summed E-state index contributed by atoms with van der Waals surface area (Å²) in [6.45, 7) is 1.02. The monoisotopic (exact) mass is 351 g/mol. The molecule has 132 valence electrons. The standard InChI is InChI=1S/C19H25NO3.ClH/c1-15-7-9-17(10-8-15)18(11-16-5-3-2-4-6-16)20-19(12-21,13-22)14-23;/h2-10,18,20-23H,11-14H2,1H3;1H. The maximum Gasteiger partial charge on any atom is 0.0886 e. The number of aliphatic hydroxyl groups excluding tert-OH is 3. The molecule has 0 fully saturated rings. The Labute approximate surface area is 149 Å². The Hall–Kier alpha value is -1.43. The van der Waals surface area contributed by atoms with Crippen molar-refractivity contribution in [3.63, 3.8) is 0 Å². The van der Waals surface area contributed by atoms with E-state index in [4.69, 9.17) is 0 Å². The fraction of sp³-hybridized carbons (Fsp3) is 0.368. The van der Waals surface area contributed by atoms with Crippen LogP contribution in [0.2, 0.25) is 0 Å². The van der Waals surface area contributed by atoms with Gasteiger partial charge in [0.15, 0.2) is 0 Å². The van der Waals surface area contributed by atoms with Gasteiger partial charge in [-0.05, 0) is 24.5 Å². The van der Waals surface area contributed by atoms with E-state index in [1.807, 2.05) is 61.5 Å². The van der Waals surface area contributed by atoms with Crippen molar-refractivity contribution in [3.05, 3.63) is 71.3 Å². The molecule has 0 aliphatic rings. The van der Waals surface area contributed by atoms with Crippen LogP contribution in [0.4, 0.5) is 0 Å². The zero-order chi connectivity index (χ0) is 16.7. The van der Waals surface area contributed by atoms with Crippen molar-refractivity contribution in [3.8, 4) is 0 Å². The third-order valence-electron chi connectivity index (χ3n) is 4.15. The second kappa shape index (κ2) is 9.77. The van der Waals surface area contributed by atoms with E-state index in [0.29, 0.717) is 6.42 Å². The predicted molar refractivity (Wildman–Crippen MR) is 98.4 cm³/mol. The number of benzene rings is 2. The van der Waals surface area contributed by atoms with E-state index in [0.717, 1.165) is 11.1 Å². The molecule has 4 N–H and O–H groups in total. The Morgan fingerprint density at radius 1 is 0.875 bits per heavy atom. The number of nitrogens with one attached hydrogen (secondary N) is 1. The Kier molecular flexibility index (Phi) is 8.39. The Morgan fingerprint density at radius 2 is 1.42 bits per heavy atom. The lowest BCUT2D eigenvalue weighted by Gasteiger charge is -2.34. The molecule has 0 saturated carbocycles. The molecule has 0 aliphatic carbocycles. The van der Waals surface area contributed by atoms with Crippen molar-refractivity contribution < 1.29 is 15.3 Å². The van der Waals surface area contributed by atoms with Gasteiger partial charge in [-0.1, -0.05) is 60.2 Å². The third-order valence-corrected chi connectivity index (χ3v) is 4.15. The first kappa shape index (κ1) is 20.6. The van der Waals surface area contributed by atoms with Crippen LogP contribution < -0.4 is 5.32 Å². The summed E-state index contributed by atoms with van der Waals surface area (Å²) in [6, 6.07) is 18.0. The molecule has 1 atom stereocenters. The predicted octanol–water partition coefficient (Wildman–Crippen LogP) is 2.01. The minimum Gasteiger partial charge on any atom is -0.394 e. The highest BCUT2D eigenvalue weighted by Crippen LogP contribution is 2.22. The van der Waals surface area contributed by atoms with Crippen LogP contribution in [-0.2, 0) is 6.42 Å². The lowest BCUT2D eigenvalue weighted by molar-refractivity contribution is 0.0339. The molecule has 1 unspecified atom stereocenters. The molecule has 2 aromatic carbocycles. The maximum absolute atomic E-state index is 9.60. The van der Waals surface area contributed by atoms with Gasteiger partial charge in [0, 0.05) is 6.04 Å². The Morgan fingerprint density at radius 3 is 1.92 bits per heavy atom. The largest absolute Gasteiger partial charge is 0.394 e. The topological polar surface area (TPSA) is 72.7 Å². The minimum absolute atomic E-state index is 0. The Balaban J connectivity index is 0.00000288. The third kappa shape index (κ3) is 5.30. The minimum atomic E-state index is -1.11. The normalized spacial score (nSPS) is 12.5. The number of halogens is 1. The highest BCUT2D eigenvalue weighted by Gasteiger charge is 2.31. The van der Waals surface area contributed by atoms with Gasteiger partial charge in [-0.25, -0.2) is 0 Å². The fourth-order valence-corrected chi connectivity index (χ4v) is 2.56. The molecule has 0 saturated heterocycles. The van der Waals surface area contributed by atoms with Crippen LogP contribution in [0.15, 0.2) is 54.6 Å². The highest BCUT2D eigenvalue weighted by atomic mass is 35.5. The molecule has 0 spiro atoms. The van der Waals surface area contributed by atoms with Gasteiger partial charge in [0.1, 0.15) is 0 Å². The van der Waals surface area contributed by atoms with E-state index in [1.165, 1.54) is 5.56 Å². The molecule has 0 bridgehead atoms. The zero-order valence-electron chi connectivity index (χ0n) is 13.9. The van der Waals surface area contributed by atoms with Crippen molar-refractivity contribution in [1.29, 1.82) is 0 Å². The summed E-state index contributed by atoms with van der Waals surface area (Å²) in [5.74, 6) is 0. The molecular weight excluding hydrogens is 326 g/mol. The Bertz CT molecular complexity index is 577. The van der Waals surface area contributed by atoms with Gasteiger partial charge in [0.25, 0.3) is 0 Å². The van der Waals surface area contributed by atoms with E-state index in [1.54, 1.807) is 0 Å². The second-order valence-corrected chi connectivity index (χ2v) is 6.05. The van der Waals surface area contributed by atoms with Crippen molar-refractivity contribution in [2.45, 2.75) is 24.9 Å². The molecule has 0 radical (unpaired) electrons. The maximum atomic E-state index is 9.60. The number of aliphatic hydroxyl groups is 3. The van der Waals surface area contributed by atoms with Crippen LogP contribution in [0.1, 0.15) is 22.7 Å². The molecule has 2 rings (SSSR count). The molecule has 0 aromatic heterocycles. The summed E-state index contributed by atoms with van der Waals surface area (Å²) >= 11 is 0. The summed E-state index contributed by atoms with van der Waals surface area (Å²) < 4.78 is 0. The highest BCUT2D eigenvalue weighted by molar-refractivity contribution is 5.85. The van der Waals surface area contributed by atoms with Crippen LogP contribution in [0.5, 0.6) is 0 Å². The number of rotatable bonds is 8. The van der Waals surface area contributed by atoms with Gasteiger partial charge >= 0.3 is 0 Å². The van der Waals surface area contributed by atoms with Crippen LogP contribution >= 0.6 is 12.4 Å². The van der Waals surface area contributed by atoms with E-state index in [2.05, 4.69) is 5.32 Å². The first-order chi connectivity index (χ1) is 11.1. The average molecular weight is 352 g/mol. The van der Waals surface area contributed by atoms with Crippen LogP contribution in [0.3, 0.4) is 0 Å². The number of hydrogen-bond acceptors (Lipinski definition) is 4. The molecular formula is C19H26ClNO3. The fourth-order valence-electron chi connectivity index (χ4n) is 2.56. The first-order valence-corrected chi connectivity index (χ1v) is 7.83. The molecule has 4 nitrogen and oxygen atoms in total. The van der Waals surface area contributed by atoms with Crippen LogP contribution in [0, 0.1) is 6.92 Å². The second-order valence-electron chi connectivity index (χ2n) is 6.05. The van der Waals surface area contributed by atoms with E-state index < -0.39 is 5.54 Å². The van der Waals surface area contributed by atoms with Gasteiger partial charge in [-0.2, -0.15) is 0 Å². The summed E-state index contributed by atoms with van der Waals surface area (Å²) in [7, 11) is 0. The van der Waals surface area contributed by atoms with E-state index >= 15 is 0 Å². The van der Waals surface area contributed by atoms with Gasteiger partial charge < -0.3 is 15.3 Å². The van der Waals surface area contributed by atoms with Crippen molar-refractivity contribution >= 4 is 12.4 Å². The van der Waals surface area contributed by atoms with E-state index in [-0.39, 0.29) is 38.3 Å². The number of hydrogen-bond donors (Lipinski definition) is 4. The van der Waals surface area contributed by atoms with Crippen molar-refractivity contribution in [2.24, 2.45) is 0 Å². The summed E-state index contributed by atoms with van der Waals surface area (Å²) in [5.41, 5.74) is 2.27. The summed E-state index contributed by atoms with van der Waals surface area (Å²) in [5, 5.41) is 32.1. The molecule has 0 heterocycles. The van der Waals surface area contributed by atoms with Gasteiger partial charge in [-0.15, -0.1) is 12.4 Å². The zero-order valence-corrected chi connectivity index (χ0v) is 14.7. The lowest BCUT2D eigenvalue weighted by atomic mass is 9.93. The average Bonchev–Trinajstić information content (AvgIpc) is 2.60. The van der Waals surface area contributed by atoms with E-state index in [9.17, 15) is 15.3 Å². The molecule has 2 aromatic rings. The summed E-state index contributed by atoms with van der Waals surface area (Å²) in [4.78, 5) is 0. The molecule has 0 aliphatic heterocycles. The lowest BCUT2D eigenvalue weighted by Crippen LogP contribution is -2.56. The molecule has 5 heteroatoms. The van der Waals surface area contributed by atoms with Crippen molar-refractivity contribution in [2.75, 3.05) is 19.8 Å². The van der Waals surface area contributed by atoms with Crippen LogP contribution in [0.25, 0.3) is 0 Å². The molecule has 0 amide bonds. The first-order valence-electron chi connectivity index (χ1n) is 7.83. The van der Waals surface area contributed by atoms with Gasteiger partial charge in [0.05, 0.1) is 25.4 Å². The van der Waals surface area contributed by atoms with Gasteiger partial charge in [-0.3, -0.25) is 5.32 Å². The SMILES string of the molecule is Cc1ccc(C(Cc2ccccc2)NC(CO)(CO)CO)cc1.Cl. The smallest absolute Gasteiger partial charge is 0.0886 e. The number of aryl methyl sites for hydroxylation is 1. The van der Waals surface area contributed by atoms with Crippen molar-refractivity contribution in [1.82, 2.24) is 5.32 Å².